The van der Waals surface area contributed by atoms with Crippen LogP contribution in [0.2, 0.25) is 5.02 Å². The molecular formula is C18H12ClF3N2O3. The predicted octanol–water partition coefficient (Wildman–Crippen LogP) is 4.62. The van der Waals surface area contributed by atoms with E-state index in [0.717, 1.165) is 24.3 Å². The molecule has 2 aromatic rings. The second-order valence-corrected chi connectivity index (χ2v) is 5.66. The van der Waals surface area contributed by atoms with Crippen molar-refractivity contribution in [2.24, 2.45) is 0 Å². The van der Waals surface area contributed by atoms with Gasteiger partial charge in [0.2, 0.25) is 0 Å². The second-order valence-electron chi connectivity index (χ2n) is 5.26. The molecule has 2 rings (SSSR count). The minimum atomic E-state index is -4.56. The zero-order valence-electron chi connectivity index (χ0n) is 13.8. The van der Waals surface area contributed by atoms with Gasteiger partial charge in [-0.15, -0.1) is 0 Å². The molecule has 0 bridgehead atoms. The number of amides is 1. The Bertz CT molecular complexity index is 950. The van der Waals surface area contributed by atoms with E-state index in [-0.39, 0.29) is 33.3 Å². The van der Waals surface area contributed by atoms with Crippen LogP contribution < -0.4 is 10.1 Å². The highest BCUT2D eigenvalue weighted by atomic mass is 35.5. The molecule has 27 heavy (non-hydrogen) atoms. The first-order chi connectivity index (χ1) is 12.7. The fraction of sp³-hybridized carbons (Fsp3) is 0.111. The quantitative estimate of drug-likeness (QED) is 0.583. The number of rotatable bonds is 4. The Morgan fingerprint density at radius 1 is 1.33 bits per heavy atom. The number of nitriles is 1. The van der Waals surface area contributed by atoms with Crippen molar-refractivity contribution in [3.63, 3.8) is 0 Å². The van der Waals surface area contributed by atoms with Gasteiger partial charge in [-0.1, -0.05) is 17.7 Å². The van der Waals surface area contributed by atoms with Crippen LogP contribution in [-0.2, 0) is 11.0 Å². The molecule has 0 aliphatic carbocycles. The minimum Gasteiger partial charge on any atom is -0.503 e. The Kier molecular flexibility index (Phi) is 5.98. The Morgan fingerprint density at radius 2 is 2.04 bits per heavy atom. The number of methoxy groups -OCH3 is 1. The van der Waals surface area contributed by atoms with Gasteiger partial charge in [-0.05, 0) is 42.0 Å². The molecular weight excluding hydrogens is 385 g/mol. The molecule has 0 saturated heterocycles. The highest BCUT2D eigenvalue weighted by molar-refractivity contribution is 6.32. The zero-order chi connectivity index (χ0) is 20.2. The van der Waals surface area contributed by atoms with Crippen LogP contribution in [-0.4, -0.2) is 18.1 Å². The molecule has 0 heterocycles. The molecule has 0 aromatic heterocycles. The monoisotopic (exact) mass is 396 g/mol. The molecule has 0 spiro atoms. The second kappa shape index (κ2) is 8.01. The number of benzene rings is 2. The number of aromatic hydroxyl groups is 1. The zero-order valence-corrected chi connectivity index (χ0v) is 14.5. The van der Waals surface area contributed by atoms with Crippen molar-refractivity contribution < 1.29 is 27.8 Å². The van der Waals surface area contributed by atoms with Gasteiger partial charge < -0.3 is 15.2 Å². The molecule has 0 aliphatic heterocycles. The number of carbonyl (C=O) groups excluding carboxylic acids is 1. The Hall–Kier alpha value is -3.18. The molecule has 1 amide bonds. The summed E-state index contributed by atoms with van der Waals surface area (Å²) < 4.78 is 43.1. The Balaban J connectivity index is 2.31. The maximum Gasteiger partial charge on any atom is 0.416 e. The van der Waals surface area contributed by atoms with Gasteiger partial charge in [-0.2, -0.15) is 18.4 Å². The molecule has 5 nitrogen and oxygen atoms in total. The highest BCUT2D eigenvalue weighted by Gasteiger charge is 2.30. The standard InChI is InChI=1S/C18H12ClF3N2O3/c1-27-15-7-10(6-14(19)16(15)25)5-11(9-23)17(26)24-13-4-2-3-12(8-13)18(20,21)22/h2-8,25H,1H3,(H,24,26)/b11-5+. The van der Waals surface area contributed by atoms with Crippen LogP contribution in [0.15, 0.2) is 42.0 Å². The largest absolute Gasteiger partial charge is 0.503 e. The molecule has 0 fully saturated rings. The number of nitrogens with zero attached hydrogens (tertiary/aromatic N) is 1. The lowest BCUT2D eigenvalue weighted by molar-refractivity contribution is -0.137. The van der Waals surface area contributed by atoms with Gasteiger partial charge in [-0.25, -0.2) is 0 Å². The summed E-state index contributed by atoms with van der Waals surface area (Å²) in [6, 6.07) is 8.33. The first-order valence-corrected chi connectivity index (χ1v) is 7.70. The maximum atomic E-state index is 12.7. The third kappa shape index (κ3) is 4.92. The van der Waals surface area contributed by atoms with Crippen LogP contribution in [0.4, 0.5) is 18.9 Å². The number of nitrogens with one attached hydrogen (secondary N) is 1. The van der Waals surface area contributed by atoms with Gasteiger partial charge in [0.1, 0.15) is 11.6 Å². The van der Waals surface area contributed by atoms with Gasteiger partial charge >= 0.3 is 6.18 Å². The van der Waals surface area contributed by atoms with E-state index in [1.807, 2.05) is 0 Å². The third-order valence-corrected chi connectivity index (χ3v) is 3.68. The molecule has 0 radical (unpaired) electrons. The summed E-state index contributed by atoms with van der Waals surface area (Å²) in [5, 5.41) is 21.1. The molecule has 0 aliphatic rings. The summed E-state index contributed by atoms with van der Waals surface area (Å²) in [7, 11) is 1.30. The smallest absolute Gasteiger partial charge is 0.416 e. The van der Waals surface area contributed by atoms with Crippen molar-refractivity contribution in [3.8, 4) is 17.6 Å². The van der Waals surface area contributed by atoms with E-state index >= 15 is 0 Å². The summed E-state index contributed by atoms with van der Waals surface area (Å²) in [4.78, 5) is 12.2. The SMILES string of the molecule is COc1cc(/C=C(\C#N)C(=O)Nc2cccc(C(F)(F)F)c2)cc(Cl)c1O. The van der Waals surface area contributed by atoms with Crippen molar-refractivity contribution in [1.82, 2.24) is 0 Å². The van der Waals surface area contributed by atoms with E-state index < -0.39 is 17.6 Å². The van der Waals surface area contributed by atoms with E-state index in [0.29, 0.717) is 0 Å². The van der Waals surface area contributed by atoms with E-state index in [9.17, 15) is 28.3 Å². The summed E-state index contributed by atoms with van der Waals surface area (Å²) in [6.45, 7) is 0. The minimum absolute atomic E-state index is 0.0318. The fourth-order valence-electron chi connectivity index (χ4n) is 2.12. The molecule has 2 N–H and O–H groups in total. The summed E-state index contributed by atoms with van der Waals surface area (Å²) >= 11 is 5.84. The van der Waals surface area contributed by atoms with Crippen LogP contribution >= 0.6 is 11.6 Å². The predicted molar refractivity (Wildman–Crippen MR) is 93.3 cm³/mol. The van der Waals surface area contributed by atoms with Crippen molar-refractivity contribution >= 4 is 29.3 Å². The molecule has 140 valence electrons. The average molecular weight is 397 g/mol. The third-order valence-electron chi connectivity index (χ3n) is 3.39. The van der Waals surface area contributed by atoms with E-state index in [4.69, 9.17) is 16.3 Å². The van der Waals surface area contributed by atoms with Gasteiger partial charge in [0.15, 0.2) is 11.5 Å². The lowest BCUT2D eigenvalue weighted by atomic mass is 10.1. The topological polar surface area (TPSA) is 82.3 Å². The number of carbonyl (C=O) groups is 1. The molecule has 2 aromatic carbocycles. The van der Waals surface area contributed by atoms with Gasteiger partial charge in [0, 0.05) is 5.69 Å². The van der Waals surface area contributed by atoms with E-state index in [2.05, 4.69) is 5.32 Å². The highest BCUT2D eigenvalue weighted by Crippen LogP contribution is 2.35. The number of hydrogen-bond acceptors (Lipinski definition) is 4. The van der Waals surface area contributed by atoms with Gasteiger partial charge in [0.05, 0.1) is 17.7 Å². The number of ether oxygens (including phenoxy) is 1. The van der Waals surface area contributed by atoms with Crippen molar-refractivity contribution in [2.45, 2.75) is 6.18 Å². The summed E-state index contributed by atoms with van der Waals surface area (Å²) in [6.07, 6.45) is -3.40. The lowest BCUT2D eigenvalue weighted by Gasteiger charge is -2.10. The van der Waals surface area contributed by atoms with E-state index in [1.54, 1.807) is 6.07 Å². The van der Waals surface area contributed by atoms with Gasteiger partial charge in [0.25, 0.3) is 5.91 Å². The number of phenolic OH excluding ortho intramolecular Hbond substituents is 1. The Morgan fingerprint density at radius 3 is 2.63 bits per heavy atom. The average Bonchev–Trinajstić information content (AvgIpc) is 2.61. The van der Waals surface area contributed by atoms with Crippen LogP contribution in [0, 0.1) is 11.3 Å². The summed E-state index contributed by atoms with van der Waals surface area (Å²) in [5.74, 6) is -1.17. The van der Waals surface area contributed by atoms with Crippen LogP contribution in [0.1, 0.15) is 11.1 Å². The number of phenols is 1. The first-order valence-electron chi connectivity index (χ1n) is 7.32. The van der Waals surface area contributed by atoms with Crippen LogP contribution in [0.3, 0.4) is 0 Å². The van der Waals surface area contributed by atoms with Crippen LogP contribution in [0.5, 0.6) is 11.5 Å². The first kappa shape index (κ1) is 20.1. The van der Waals surface area contributed by atoms with Crippen molar-refractivity contribution in [3.05, 3.63) is 58.1 Å². The fourth-order valence-corrected chi connectivity index (χ4v) is 2.34. The summed E-state index contributed by atoms with van der Waals surface area (Å²) in [5.41, 5.74) is -1.14. The number of anilines is 1. The van der Waals surface area contributed by atoms with Gasteiger partial charge in [-0.3, -0.25) is 4.79 Å². The lowest BCUT2D eigenvalue weighted by Crippen LogP contribution is -2.14. The molecule has 0 saturated carbocycles. The molecule has 0 atom stereocenters. The van der Waals surface area contributed by atoms with Crippen molar-refractivity contribution in [1.29, 1.82) is 5.26 Å². The number of halogens is 4. The Labute approximate surface area is 157 Å². The molecule has 0 unspecified atom stereocenters. The van der Waals surface area contributed by atoms with E-state index in [1.165, 1.54) is 25.3 Å². The molecule has 9 heteroatoms. The van der Waals surface area contributed by atoms with Crippen molar-refractivity contribution in [2.75, 3.05) is 12.4 Å². The normalized spacial score (nSPS) is 11.6. The maximum absolute atomic E-state index is 12.7. The number of hydrogen-bond donors (Lipinski definition) is 2. The van der Waals surface area contributed by atoms with Crippen LogP contribution in [0.25, 0.3) is 6.08 Å². The number of alkyl halides is 3.